The van der Waals surface area contributed by atoms with E-state index in [1.165, 1.54) is 25.0 Å². The first-order valence-electron chi connectivity index (χ1n) is 13.0. The lowest BCUT2D eigenvalue weighted by molar-refractivity contribution is -0.428. The number of H-pyrrole nitrogens is 1. The standard InChI is InChI=1S/C31H32N2O7/c1-21-20-33(29(36)32-28(21)35)26-19-25(34)27(39-26)31(37-2,38-3)40-30(22-13-7-4-8-14-22,23-15-9-5-10-16-23)24-17-11-6-12-18-24/h4-18,20,25-27,34H,19H2,1-3H3,(H,32,35,36)/t25-,26+,27-/m0/s1. The van der Waals surface area contributed by atoms with Gasteiger partial charge in [0.2, 0.25) is 0 Å². The van der Waals surface area contributed by atoms with Gasteiger partial charge in [-0.25, -0.2) is 4.79 Å². The van der Waals surface area contributed by atoms with Crippen molar-refractivity contribution in [3.05, 3.63) is 140 Å². The van der Waals surface area contributed by atoms with Crippen LogP contribution in [0, 0.1) is 6.92 Å². The number of nitrogens with zero attached hydrogens (tertiary/aromatic N) is 1. The van der Waals surface area contributed by atoms with E-state index in [4.69, 9.17) is 18.9 Å². The number of hydrogen-bond acceptors (Lipinski definition) is 7. The molecule has 1 saturated heterocycles. The van der Waals surface area contributed by atoms with E-state index in [1.807, 2.05) is 91.0 Å². The average molecular weight is 545 g/mol. The van der Waals surface area contributed by atoms with E-state index in [9.17, 15) is 14.7 Å². The highest BCUT2D eigenvalue weighted by molar-refractivity contribution is 5.47. The van der Waals surface area contributed by atoms with Gasteiger partial charge < -0.3 is 24.1 Å². The molecular weight excluding hydrogens is 512 g/mol. The van der Waals surface area contributed by atoms with Crippen LogP contribution in [0.3, 0.4) is 0 Å². The van der Waals surface area contributed by atoms with E-state index >= 15 is 0 Å². The summed E-state index contributed by atoms with van der Waals surface area (Å²) in [6.07, 6.45) is -1.80. The summed E-state index contributed by atoms with van der Waals surface area (Å²) in [4.78, 5) is 26.8. The number of aromatic nitrogens is 2. The summed E-state index contributed by atoms with van der Waals surface area (Å²) in [6, 6.07) is 29.0. The summed E-state index contributed by atoms with van der Waals surface area (Å²) in [5.41, 5.74) is 0.316. The van der Waals surface area contributed by atoms with Gasteiger partial charge in [-0.1, -0.05) is 91.0 Å². The fourth-order valence-electron chi connectivity index (χ4n) is 5.31. The molecule has 3 aromatic carbocycles. The summed E-state index contributed by atoms with van der Waals surface area (Å²) < 4.78 is 26.4. The molecule has 0 bridgehead atoms. The van der Waals surface area contributed by atoms with Gasteiger partial charge in [0.25, 0.3) is 5.56 Å². The summed E-state index contributed by atoms with van der Waals surface area (Å²) in [6.45, 7) is 1.59. The zero-order valence-corrected chi connectivity index (χ0v) is 22.5. The SMILES string of the molecule is COC(OC)(OC(c1ccccc1)(c1ccccc1)c1ccccc1)[C@H]1O[C@@H](n2cc(C)c(=O)[nH]c2=O)C[C@@H]1O. The highest BCUT2D eigenvalue weighted by Crippen LogP contribution is 2.47. The number of ether oxygens (including phenoxy) is 4. The van der Waals surface area contributed by atoms with Crippen LogP contribution in [-0.2, 0) is 24.5 Å². The fraction of sp³-hybridized carbons (Fsp3) is 0.290. The second-order valence-electron chi connectivity index (χ2n) is 9.69. The Balaban J connectivity index is 1.66. The van der Waals surface area contributed by atoms with Crippen molar-refractivity contribution < 1.29 is 24.1 Å². The van der Waals surface area contributed by atoms with Crippen LogP contribution in [-0.4, -0.2) is 47.1 Å². The van der Waals surface area contributed by atoms with Gasteiger partial charge in [0.05, 0.1) is 6.10 Å². The minimum atomic E-state index is -1.93. The predicted octanol–water partition coefficient (Wildman–Crippen LogP) is 3.45. The molecule has 9 heteroatoms. The van der Waals surface area contributed by atoms with Crippen LogP contribution in [0.1, 0.15) is 34.9 Å². The lowest BCUT2D eigenvalue weighted by atomic mass is 9.80. The number of aryl methyl sites for hydroxylation is 1. The third-order valence-corrected chi connectivity index (χ3v) is 7.31. The molecule has 1 aliphatic heterocycles. The average Bonchev–Trinajstić information content (AvgIpc) is 3.39. The number of aliphatic hydroxyl groups excluding tert-OH is 1. The van der Waals surface area contributed by atoms with Crippen molar-refractivity contribution in [2.75, 3.05) is 14.2 Å². The molecule has 2 N–H and O–H groups in total. The molecule has 2 heterocycles. The quantitative estimate of drug-likeness (QED) is 0.245. The van der Waals surface area contributed by atoms with Crippen molar-refractivity contribution in [2.45, 2.75) is 43.4 Å². The van der Waals surface area contributed by atoms with Crippen LogP contribution >= 0.6 is 0 Å². The van der Waals surface area contributed by atoms with Gasteiger partial charge in [-0.2, -0.15) is 0 Å². The molecule has 208 valence electrons. The van der Waals surface area contributed by atoms with Gasteiger partial charge in [0, 0.05) is 32.4 Å². The number of rotatable bonds is 9. The normalized spacial score (nSPS) is 19.6. The molecule has 5 rings (SSSR count). The van der Waals surface area contributed by atoms with Crippen LogP contribution in [0.4, 0.5) is 0 Å². The van der Waals surface area contributed by atoms with Crippen molar-refractivity contribution in [3.8, 4) is 0 Å². The van der Waals surface area contributed by atoms with Crippen LogP contribution < -0.4 is 11.2 Å². The van der Waals surface area contributed by atoms with E-state index in [1.54, 1.807) is 6.92 Å². The number of methoxy groups -OCH3 is 2. The summed E-state index contributed by atoms with van der Waals surface area (Å²) in [5.74, 6) is -1.93. The van der Waals surface area contributed by atoms with Crippen LogP contribution in [0.15, 0.2) is 107 Å². The summed E-state index contributed by atoms with van der Waals surface area (Å²) in [7, 11) is 2.82. The Morgan fingerprint density at radius 1 is 0.850 bits per heavy atom. The Kier molecular flexibility index (Phi) is 7.84. The molecule has 40 heavy (non-hydrogen) atoms. The van der Waals surface area contributed by atoms with Gasteiger partial charge in [0.1, 0.15) is 11.8 Å². The molecule has 0 aliphatic carbocycles. The summed E-state index contributed by atoms with van der Waals surface area (Å²) in [5, 5.41) is 11.3. The van der Waals surface area contributed by atoms with Gasteiger partial charge in [-0.05, 0) is 23.6 Å². The molecule has 0 amide bonds. The van der Waals surface area contributed by atoms with Crippen molar-refractivity contribution in [3.63, 3.8) is 0 Å². The lowest BCUT2D eigenvalue weighted by Crippen LogP contribution is -2.57. The second-order valence-corrected chi connectivity index (χ2v) is 9.69. The summed E-state index contributed by atoms with van der Waals surface area (Å²) >= 11 is 0. The molecule has 1 fully saturated rings. The zero-order chi connectivity index (χ0) is 28.3. The number of hydrogen-bond donors (Lipinski definition) is 2. The number of benzene rings is 3. The third kappa shape index (κ3) is 4.83. The van der Waals surface area contributed by atoms with Gasteiger partial charge in [-0.3, -0.25) is 14.3 Å². The topological polar surface area (TPSA) is 112 Å². The molecule has 1 aliphatic rings. The third-order valence-electron chi connectivity index (χ3n) is 7.31. The van der Waals surface area contributed by atoms with Crippen molar-refractivity contribution in [2.24, 2.45) is 0 Å². The van der Waals surface area contributed by atoms with Gasteiger partial charge in [-0.15, -0.1) is 0 Å². The molecular formula is C31H32N2O7. The van der Waals surface area contributed by atoms with Crippen LogP contribution in [0.2, 0.25) is 0 Å². The molecule has 0 saturated carbocycles. The highest BCUT2D eigenvalue weighted by Gasteiger charge is 2.57. The van der Waals surface area contributed by atoms with Gasteiger partial charge >= 0.3 is 11.7 Å². The first kappa shape index (κ1) is 27.7. The number of nitrogens with one attached hydrogen (secondary N) is 1. The van der Waals surface area contributed by atoms with E-state index < -0.39 is 41.3 Å². The second kappa shape index (κ2) is 11.3. The maximum absolute atomic E-state index is 12.6. The maximum atomic E-state index is 12.6. The van der Waals surface area contributed by atoms with E-state index in [0.29, 0.717) is 5.56 Å². The van der Waals surface area contributed by atoms with Crippen molar-refractivity contribution >= 4 is 0 Å². The largest absolute Gasteiger partial charge is 0.390 e. The number of aliphatic hydroxyl groups is 1. The first-order chi connectivity index (χ1) is 19.3. The van der Waals surface area contributed by atoms with Gasteiger partial charge in [0.15, 0.2) is 6.10 Å². The Bertz CT molecular complexity index is 1440. The molecule has 0 spiro atoms. The Labute approximate surface area is 231 Å². The Morgan fingerprint density at radius 2 is 1.32 bits per heavy atom. The zero-order valence-electron chi connectivity index (χ0n) is 22.5. The van der Waals surface area contributed by atoms with Crippen LogP contribution in [0.5, 0.6) is 0 Å². The molecule has 3 atom stereocenters. The minimum absolute atomic E-state index is 0.0307. The molecule has 1 aromatic heterocycles. The minimum Gasteiger partial charge on any atom is -0.390 e. The Hall–Kier alpha value is -3.86. The fourth-order valence-corrected chi connectivity index (χ4v) is 5.31. The smallest absolute Gasteiger partial charge is 0.330 e. The van der Waals surface area contributed by atoms with E-state index in [0.717, 1.165) is 16.7 Å². The first-order valence-corrected chi connectivity index (χ1v) is 13.0. The monoisotopic (exact) mass is 544 g/mol. The maximum Gasteiger partial charge on any atom is 0.330 e. The van der Waals surface area contributed by atoms with Crippen LogP contribution in [0.25, 0.3) is 0 Å². The molecule has 9 nitrogen and oxygen atoms in total. The predicted molar refractivity (Wildman–Crippen MR) is 148 cm³/mol. The number of aromatic amines is 1. The lowest BCUT2D eigenvalue weighted by Gasteiger charge is -2.45. The highest BCUT2D eigenvalue weighted by atomic mass is 16.9. The molecule has 0 unspecified atom stereocenters. The Morgan fingerprint density at radius 3 is 1.77 bits per heavy atom. The molecule has 0 radical (unpaired) electrons. The van der Waals surface area contributed by atoms with E-state index in [2.05, 4.69) is 4.98 Å². The van der Waals surface area contributed by atoms with Crippen molar-refractivity contribution in [1.29, 1.82) is 0 Å². The van der Waals surface area contributed by atoms with Crippen molar-refractivity contribution in [1.82, 2.24) is 9.55 Å². The van der Waals surface area contributed by atoms with E-state index in [-0.39, 0.29) is 6.42 Å². The molecule has 4 aromatic rings.